The van der Waals surface area contributed by atoms with E-state index in [2.05, 4.69) is 4.98 Å². The van der Waals surface area contributed by atoms with Crippen LogP contribution < -0.4 is 15.2 Å². The second-order valence-electron chi connectivity index (χ2n) is 5.32. The Morgan fingerprint density at radius 3 is 2.74 bits per heavy atom. The molecule has 0 spiro atoms. The molecule has 2 aromatic carbocycles. The third kappa shape index (κ3) is 2.54. The first-order valence-corrected chi connectivity index (χ1v) is 7.79. The van der Waals surface area contributed by atoms with Crippen LogP contribution in [0.5, 0.6) is 11.5 Å². The average Bonchev–Trinajstić information content (AvgIpc) is 3.00. The van der Waals surface area contributed by atoms with E-state index in [1.807, 2.05) is 30.3 Å². The number of nitrogens with zero attached hydrogens (tertiary/aromatic N) is 1. The lowest BCUT2D eigenvalue weighted by Crippen LogP contribution is -2.00. The van der Waals surface area contributed by atoms with Crippen LogP contribution in [0.25, 0.3) is 10.9 Å². The minimum Gasteiger partial charge on any atom is -0.454 e. The van der Waals surface area contributed by atoms with Gasteiger partial charge in [0.2, 0.25) is 6.79 Å². The number of hydrogen-bond acceptors (Lipinski definition) is 4. The Bertz CT molecular complexity index is 928. The minimum absolute atomic E-state index is 0.251. The molecule has 2 N–H and O–H groups in total. The van der Waals surface area contributed by atoms with Gasteiger partial charge in [0, 0.05) is 16.8 Å². The molecule has 4 nitrogen and oxygen atoms in total. The van der Waals surface area contributed by atoms with Crippen LogP contribution in [0.2, 0.25) is 10.2 Å². The summed E-state index contributed by atoms with van der Waals surface area (Å²) in [5.41, 5.74) is 9.36. The van der Waals surface area contributed by atoms with E-state index < -0.39 is 0 Å². The molecule has 0 atom stereocenters. The van der Waals surface area contributed by atoms with Crippen LogP contribution in [0.1, 0.15) is 11.1 Å². The highest BCUT2D eigenvalue weighted by Gasteiger charge is 2.16. The number of pyridine rings is 1. The highest BCUT2D eigenvalue weighted by molar-refractivity contribution is 6.33. The highest BCUT2D eigenvalue weighted by atomic mass is 35.5. The van der Waals surface area contributed by atoms with E-state index in [1.165, 1.54) is 0 Å². The summed E-state index contributed by atoms with van der Waals surface area (Å²) in [6, 6.07) is 11.3. The monoisotopic (exact) mass is 346 g/mol. The van der Waals surface area contributed by atoms with Crippen molar-refractivity contribution in [1.82, 2.24) is 4.98 Å². The van der Waals surface area contributed by atoms with E-state index in [-0.39, 0.29) is 6.79 Å². The normalized spacial score (nSPS) is 12.8. The summed E-state index contributed by atoms with van der Waals surface area (Å²) in [7, 11) is 0. The number of anilines is 1. The summed E-state index contributed by atoms with van der Waals surface area (Å²) in [6.45, 7) is 0.251. The molecular weight excluding hydrogens is 335 g/mol. The lowest BCUT2D eigenvalue weighted by atomic mass is 9.99. The van der Waals surface area contributed by atoms with Gasteiger partial charge in [0.1, 0.15) is 0 Å². The average molecular weight is 347 g/mol. The Hall–Kier alpha value is -2.17. The maximum absolute atomic E-state index is 6.18. The largest absolute Gasteiger partial charge is 0.454 e. The number of nitrogens with two attached hydrogens (primary N) is 1. The fourth-order valence-corrected chi connectivity index (χ4v) is 3.11. The molecule has 116 valence electrons. The molecule has 4 rings (SSSR count). The lowest BCUT2D eigenvalue weighted by Gasteiger charge is -2.12. The molecule has 1 aromatic heterocycles. The second kappa shape index (κ2) is 5.48. The van der Waals surface area contributed by atoms with Gasteiger partial charge < -0.3 is 15.2 Å². The fourth-order valence-electron chi connectivity index (χ4n) is 2.73. The molecule has 0 aliphatic carbocycles. The van der Waals surface area contributed by atoms with Crippen molar-refractivity contribution in [3.63, 3.8) is 0 Å². The van der Waals surface area contributed by atoms with Crippen LogP contribution >= 0.6 is 23.2 Å². The van der Waals surface area contributed by atoms with Crippen molar-refractivity contribution in [3.8, 4) is 11.5 Å². The first-order valence-electron chi connectivity index (χ1n) is 7.03. The number of rotatable bonds is 2. The van der Waals surface area contributed by atoms with Crippen LogP contribution in [0.15, 0.2) is 36.4 Å². The second-order valence-corrected chi connectivity index (χ2v) is 6.12. The number of ether oxygens (including phenoxy) is 2. The molecule has 1 aliphatic rings. The van der Waals surface area contributed by atoms with E-state index in [0.717, 1.165) is 33.5 Å². The SMILES string of the molecule is Nc1c(Cl)nc2ccc(Cl)cc2c1Cc1ccc2c(c1)OCO2. The van der Waals surface area contributed by atoms with Gasteiger partial charge >= 0.3 is 0 Å². The molecule has 2 heterocycles. The zero-order chi connectivity index (χ0) is 16.0. The van der Waals surface area contributed by atoms with Crippen LogP contribution in [-0.4, -0.2) is 11.8 Å². The van der Waals surface area contributed by atoms with Crippen molar-refractivity contribution >= 4 is 39.8 Å². The number of halogens is 2. The predicted molar refractivity (Wildman–Crippen MR) is 91.5 cm³/mol. The van der Waals surface area contributed by atoms with Crippen molar-refractivity contribution in [1.29, 1.82) is 0 Å². The van der Waals surface area contributed by atoms with Gasteiger partial charge in [-0.2, -0.15) is 0 Å². The third-order valence-corrected chi connectivity index (χ3v) is 4.39. The number of hydrogen-bond donors (Lipinski definition) is 1. The Balaban J connectivity index is 1.84. The molecule has 0 unspecified atom stereocenters. The smallest absolute Gasteiger partial charge is 0.231 e. The Kier molecular flexibility index (Phi) is 3.43. The Morgan fingerprint density at radius 2 is 1.87 bits per heavy atom. The van der Waals surface area contributed by atoms with Crippen molar-refractivity contribution in [2.45, 2.75) is 6.42 Å². The molecule has 1 aliphatic heterocycles. The molecule has 0 amide bonds. The topological polar surface area (TPSA) is 57.4 Å². The summed E-state index contributed by atoms with van der Waals surface area (Å²) in [5.74, 6) is 1.49. The minimum atomic E-state index is 0.251. The number of aromatic nitrogens is 1. The standard InChI is InChI=1S/C17H12Cl2N2O2/c18-10-2-3-13-11(7-10)12(16(20)17(19)21-13)5-9-1-4-14-15(6-9)23-8-22-14/h1-4,6-7H,5,8,20H2. The molecule has 6 heteroatoms. The molecular formula is C17H12Cl2N2O2. The molecule has 0 saturated carbocycles. The van der Waals surface area contributed by atoms with Crippen LogP contribution in [0.3, 0.4) is 0 Å². The number of benzene rings is 2. The van der Waals surface area contributed by atoms with Crippen molar-refractivity contribution < 1.29 is 9.47 Å². The molecule has 0 radical (unpaired) electrons. The number of fused-ring (bicyclic) bond motifs is 2. The van der Waals surface area contributed by atoms with Gasteiger partial charge in [0.05, 0.1) is 11.2 Å². The van der Waals surface area contributed by atoms with E-state index in [1.54, 1.807) is 6.07 Å². The maximum Gasteiger partial charge on any atom is 0.231 e. The van der Waals surface area contributed by atoms with Gasteiger partial charge in [-0.1, -0.05) is 29.3 Å². The summed E-state index contributed by atoms with van der Waals surface area (Å²) in [4.78, 5) is 4.31. The quantitative estimate of drug-likeness (QED) is 0.696. The molecule has 0 bridgehead atoms. The van der Waals surface area contributed by atoms with Crippen molar-refractivity contribution in [2.24, 2.45) is 0 Å². The molecule has 3 aromatic rings. The zero-order valence-corrected chi connectivity index (χ0v) is 13.5. The summed E-state index contributed by atoms with van der Waals surface area (Å²) >= 11 is 12.3. The van der Waals surface area contributed by atoms with E-state index in [4.69, 9.17) is 38.4 Å². The fraction of sp³-hybridized carbons (Fsp3) is 0.118. The highest BCUT2D eigenvalue weighted by Crippen LogP contribution is 2.36. The molecule has 0 saturated heterocycles. The van der Waals surface area contributed by atoms with Gasteiger partial charge in [-0.25, -0.2) is 4.98 Å². The van der Waals surface area contributed by atoms with Crippen LogP contribution in [0, 0.1) is 0 Å². The first kappa shape index (κ1) is 14.4. The van der Waals surface area contributed by atoms with Gasteiger partial charge in [-0.05, 0) is 41.5 Å². The van der Waals surface area contributed by atoms with Gasteiger partial charge in [0.25, 0.3) is 0 Å². The third-order valence-electron chi connectivity index (χ3n) is 3.87. The zero-order valence-electron chi connectivity index (χ0n) is 12.0. The summed E-state index contributed by atoms with van der Waals surface area (Å²) < 4.78 is 10.8. The number of nitrogen functional groups attached to an aromatic ring is 1. The summed E-state index contributed by atoms with van der Waals surface area (Å²) in [5, 5.41) is 1.83. The predicted octanol–water partition coefficient (Wildman–Crippen LogP) is 4.44. The van der Waals surface area contributed by atoms with Crippen molar-refractivity contribution in [3.05, 3.63) is 57.7 Å². The van der Waals surface area contributed by atoms with E-state index in [9.17, 15) is 0 Å². The van der Waals surface area contributed by atoms with Gasteiger partial charge in [-0.3, -0.25) is 0 Å². The van der Waals surface area contributed by atoms with E-state index >= 15 is 0 Å². The Labute approximate surface area is 142 Å². The lowest BCUT2D eigenvalue weighted by molar-refractivity contribution is 0.174. The van der Waals surface area contributed by atoms with Gasteiger partial charge in [0.15, 0.2) is 16.7 Å². The van der Waals surface area contributed by atoms with E-state index in [0.29, 0.717) is 22.3 Å². The summed E-state index contributed by atoms with van der Waals surface area (Å²) in [6.07, 6.45) is 0.599. The van der Waals surface area contributed by atoms with Crippen LogP contribution in [0.4, 0.5) is 5.69 Å². The first-order chi connectivity index (χ1) is 11.1. The molecule has 0 fully saturated rings. The van der Waals surface area contributed by atoms with Gasteiger partial charge in [-0.15, -0.1) is 0 Å². The maximum atomic E-state index is 6.18. The molecule has 23 heavy (non-hydrogen) atoms. The Morgan fingerprint density at radius 1 is 1.04 bits per heavy atom. The van der Waals surface area contributed by atoms with Crippen molar-refractivity contribution in [2.75, 3.05) is 12.5 Å². The van der Waals surface area contributed by atoms with Crippen LogP contribution in [-0.2, 0) is 6.42 Å².